The molecule has 82 valence electrons. The molecule has 1 fully saturated rings. The van der Waals surface area contributed by atoms with E-state index >= 15 is 0 Å². The lowest BCUT2D eigenvalue weighted by Gasteiger charge is -2.33. The zero-order chi connectivity index (χ0) is 10.7. The van der Waals surface area contributed by atoms with Crippen molar-refractivity contribution in [1.29, 1.82) is 0 Å². The molecule has 1 unspecified atom stereocenters. The van der Waals surface area contributed by atoms with E-state index in [4.69, 9.17) is 5.11 Å². The van der Waals surface area contributed by atoms with Crippen LogP contribution < -0.4 is 0 Å². The summed E-state index contributed by atoms with van der Waals surface area (Å²) in [6.07, 6.45) is 5.48. The van der Waals surface area contributed by atoms with Crippen LogP contribution in [-0.4, -0.2) is 43.7 Å². The number of aromatic nitrogens is 3. The van der Waals surface area contributed by atoms with Gasteiger partial charge in [-0.2, -0.15) is 0 Å². The Labute approximate surface area is 87.5 Å². The van der Waals surface area contributed by atoms with E-state index in [9.17, 15) is 4.79 Å². The Morgan fingerprint density at radius 3 is 3.07 bits per heavy atom. The number of carboxylic acid groups (broad SMARTS) is 1. The van der Waals surface area contributed by atoms with Gasteiger partial charge in [-0.1, -0.05) is 5.21 Å². The number of amides is 1. The average molecular weight is 210 g/mol. The second-order valence-corrected chi connectivity index (χ2v) is 3.75. The molecule has 1 N–H and O–H groups in total. The number of piperidine rings is 1. The lowest BCUT2D eigenvalue weighted by Crippen LogP contribution is -2.45. The molecule has 1 aromatic rings. The highest BCUT2D eigenvalue weighted by atomic mass is 16.4. The van der Waals surface area contributed by atoms with Gasteiger partial charge in [-0.05, 0) is 19.3 Å². The number of hydrogen-bond donors (Lipinski definition) is 1. The van der Waals surface area contributed by atoms with Crippen molar-refractivity contribution in [1.82, 2.24) is 19.9 Å². The van der Waals surface area contributed by atoms with Gasteiger partial charge in [0.15, 0.2) is 0 Å². The molecule has 1 atom stereocenters. The first-order chi connectivity index (χ1) is 7.27. The topological polar surface area (TPSA) is 71.2 Å². The van der Waals surface area contributed by atoms with Crippen molar-refractivity contribution in [2.24, 2.45) is 0 Å². The monoisotopic (exact) mass is 210 g/mol. The minimum absolute atomic E-state index is 0.0398. The molecule has 0 spiro atoms. The Balaban J connectivity index is 2.02. The molecule has 0 radical (unpaired) electrons. The molecule has 2 heterocycles. The molecule has 2 rings (SSSR count). The summed E-state index contributed by atoms with van der Waals surface area (Å²) in [5.74, 6) is 0. The highest BCUT2D eigenvalue weighted by Crippen LogP contribution is 2.18. The van der Waals surface area contributed by atoms with Gasteiger partial charge in [0.1, 0.15) is 0 Å². The van der Waals surface area contributed by atoms with Crippen LogP contribution in [0.5, 0.6) is 0 Å². The standard InChI is InChI=1S/C9H14N4O2/c14-9(15)13-5-2-1-3-8(13)7-12-6-4-10-11-12/h4,6,8H,1-3,5,7H2,(H,14,15). The first kappa shape index (κ1) is 9.95. The van der Waals surface area contributed by atoms with Crippen molar-refractivity contribution in [2.75, 3.05) is 6.54 Å². The predicted octanol–water partition coefficient (Wildman–Crippen LogP) is 0.811. The number of carbonyl (C=O) groups is 1. The summed E-state index contributed by atoms with van der Waals surface area (Å²) >= 11 is 0. The quantitative estimate of drug-likeness (QED) is 0.784. The molecule has 1 amide bonds. The second kappa shape index (κ2) is 4.29. The van der Waals surface area contributed by atoms with Crippen molar-refractivity contribution < 1.29 is 9.90 Å². The maximum absolute atomic E-state index is 11.0. The summed E-state index contributed by atoms with van der Waals surface area (Å²) in [4.78, 5) is 12.5. The summed E-state index contributed by atoms with van der Waals surface area (Å²) in [6.45, 7) is 1.24. The third-order valence-corrected chi connectivity index (χ3v) is 2.74. The van der Waals surface area contributed by atoms with Gasteiger partial charge < -0.3 is 10.0 Å². The van der Waals surface area contributed by atoms with Crippen LogP contribution in [0, 0.1) is 0 Å². The maximum Gasteiger partial charge on any atom is 0.407 e. The Morgan fingerprint density at radius 2 is 2.40 bits per heavy atom. The van der Waals surface area contributed by atoms with Gasteiger partial charge in [-0.15, -0.1) is 5.10 Å². The Hall–Kier alpha value is -1.59. The molecule has 6 nitrogen and oxygen atoms in total. The fraction of sp³-hybridized carbons (Fsp3) is 0.667. The Bertz CT molecular complexity index is 325. The fourth-order valence-corrected chi connectivity index (χ4v) is 1.99. The van der Waals surface area contributed by atoms with Gasteiger partial charge in [0.2, 0.25) is 0 Å². The molecule has 15 heavy (non-hydrogen) atoms. The van der Waals surface area contributed by atoms with Crippen LogP contribution in [-0.2, 0) is 6.54 Å². The zero-order valence-electron chi connectivity index (χ0n) is 8.41. The molecule has 0 bridgehead atoms. The SMILES string of the molecule is O=C(O)N1CCCCC1Cn1ccnn1. The zero-order valence-corrected chi connectivity index (χ0v) is 8.41. The molecule has 1 aliphatic rings. The normalized spacial score (nSPS) is 21.6. The van der Waals surface area contributed by atoms with Crippen molar-refractivity contribution in [3.63, 3.8) is 0 Å². The smallest absolute Gasteiger partial charge is 0.407 e. The molecule has 6 heteroatoms. The van der Waals surface area contributed by atoms with E-state index < -0.39 is 6.09 Å². The van der Waals surface area contributed by atoms with Crippen LogP contribution in [0.4, 0.5) is 4.79 Å². The summed E-state index contributed by atoms with van der Waals surface area (Å²) in [6, 6.07) is 0.0398. The summed E-state index contributed by atoms with van der Waals surface area (Å²) in [7, 11) is 0. The van der Waals surface area contributed by atoms with Crippen molar-refractivity contribution in [2.45, 2.75) is 31.8 Å². The number of hydrogen-bond acceptors (Lipinski definition) is 3. The first-order valence-electron chi connectivity index (χ1n) is 5.11. The number of nitrogens with zero attached hydrogens (tertiary/aromatic N) is 4. The highest BCUT2D eigenvalue weighted by molar-refractivity contribution is 5.65. The van der Waals surface area contributed by atoms with Gasteiger partial charge in [-0.25, -0.2) is 4.79 Å². The van der Waals surface area contributed by atoms with E-state index in [0.717, 1.165) is 19.3 Å². The second-order valence-electron chi connectivity index (χ2n) is 3.75. The Morgan fingerprint density at radius 1 is 1.53 bits per heavy atom. The van der Waals surface area contributed by atoms with E-state index in [2.05, 4.69) is 10.3 Å². The van der Waals surface area contributed by atoms with Crippen molar-refractivity contribution in [3.8, 4) is 0 Å². The van der Waals surface area contributed by atoms with Crippen molar-refractivity contribution in [3.05, 3.63) is 12.4 Å². The fourth-order valence-electron chi connectivity index (χ4n) is 1.99. The van der Waals surface area contributed by atoms with Crippen LogP contribution in [0.2, 0.25) is 0 Å². The predicted molar refractivity (Wildman–Crippen MR) is 52.4 cm³/mol. The van der Waals surface area contributed by atoms with E-state index in [1.165, 1.54) is 4.90 Å². The minimum Gasteiger partial charge on any atom is -0.465 e. The van der Waals surface area contributed by atoms with Crippen LogP contribution in [0.1, 0.15) is 19.3 Å². The number of rotatable bonds is 2. The summed E-state index contributed by atoms with van der Waals surface area (Å²) in [5, 5.41) is 16.6. The maximum atomic E-state index is 11.0. The number of likely N-dealkylation sites (tertiary alicyclic amines) is 1. The van der Waals surface area contributed by atoms with E-state index in [0.29, 0.717) is 13.1 Å². The van der Waals surface area contributed by atoms with Crippen LogP contribution in [0.3, 0.4) is 0 Å². The Kier molecular flexibility index (Phi) is 2.84. The third-order valence-electron chi connectivity index (χ3n) is 2.74. The first-order valence-corrected chi connectivity index (χ1v) is 5.11. The van der Waals surface area contributed by atoms with Crippen LogP contribution >= 0.6 is 0 Å². The van der Waals surface area contributed by atoms with E-state index in [1.54, 1.807) is 17.1 Å². The molecule has 0 aromatic carbocycles. The van der Waals surface area contributed by atoms with Gasteiger partial charge in [-0.3, -0.25) is 4.68 Å². The lowest BCUT2D eigenvalue weighted by atomic mass is 10.0. The van der Waals surface area contributed by atoms with Crippen LogP contribution in [0.25, 0.3) is 0 Å². The molecule has 0 saturated carbocycles. The van der Waals surface area contributed by atoms with Gasteiger partial charge in [0, 0.05) is 12.7 Å². The summed E-state index contributed by atoms with van der Waals surface area (Å²) < 4.78 is 1.69. The molecule has 1 saturated heterocycles. The van der Waals surface area contributed by atoms with E-state index in [1.807, 2.05) is 0 Å². The summed E-state index contributed by atoms with van der Waals surface area (Å²) in [5.41, 5.74) is 0. The lowest BCUT2D eigenvalue weighted by molar-refractivity contribution is 0.0984. The van der Waals surface area contributed by atoms with Gasteiger partial charge in [0.25, 0.3) is 0 Å². The highest BCUT2D eigenvalue weighted by Gasteiger charge is 2.26. The minimum atomic E-state index is -0.834. The molecular formula is C9H14N4O2. The molecule has 0 aliphatic carbocycles. The average Bonchev–Trinajstić information content (AvgIpc) is 2.71. The third kappa shape index (κ3) is 2.26. The van der Waals surface area contributed by atoms with Gasteiger partial charge >= 0.3 is 6.09 Å². The van der Waals surface area contributed by atoms with Gasteiger partial charge in [0.05, 0.1) is 18.8 Å². The largest absolute Gasteiger partial charge is 0.465 e. The van der Waals surface area contributed by atoms with E-state index in [-0.39, 0.29) is 6.04 Å². The van der Waals surface area contributed by atoms with Crippen LogP contribution in [0.15, 0.2) is 12.4 Å². The molecular weight excluding hydrogens is 196 g/mol. The molecule has 1 aliphatic heterocycles. The molecule has 1 aromatic heterocycles. The van der Waals surface area contributed by atoms with Crippen molar-refractivity contribution >= 4 is 6.09 Å².